The summed E-state index contributed by atoms with van der Waals surface area (Å²) in [6.45, 7) is 0.00655. The SMILES string of the molecule is O=C(C[C@@H](NC(=O)[C@@H](O)c1ccccc1)C(=O)O)OCc1ccccc1. The Kier molecular flexibility index (Phi) is 6.87. The maximum atomic E-state index is 12.0. The highest BCUT2D eigenvalue weighted by Gasteiger charge is 2.27. The van der Waals surface area contributed by atoms with Gasteiger partial charge < -0.3 is 20.3 Å². The number of aliphatic hydroxyl groups is 1. The Morgan fingerprint density at radius 2 is 1.54 bits per heavy atom. The molecule has 2 aromatic rings. The van der Waals surface area contributed by atoms with Gasteiger partial charge in [-0.2, -0.15) is 0 Å². The first-order valence-electron chi connectivity index (χ1n) is 7.93. The van der Waals surface area contributed by atoms with Gasteiger partial charge in [-0.25, -0.2) is 4.79 Å². The third-order valence-electron chi connectivity index (χ3n) is 3.59. The van der Waals surface area contributed by atoms with E-state index in [-0.39, 0.29) is 6.61 Å². The Bertz CT molecular complexity index is 747. The van der Waals surface area contributed by atoms with Crippen molar-refractivity contribution in [1.82, 2.24) is 5.32 Å². The first-order valence-corrected chi connectivity index (χ1v) is 7.93. The van der Waals surface area contributed by atoms with Crippen molar-refractivity contribution in [3.8, 4) is 0 Å². The Morgan fingerprint density at radius 3 is 2.12 bits per heavy atom. The van der Waals surface area contributed by atoms with Gasteiger partial charge >= 0.3 is 11.9 Å². The van der Waals surface area contributed by atoms with E-state index in [1.807, 2.05) is 6.07 Å². The molecule has 0 saturated heterocycles. The molecule has 7 nitrogen and oxygen atoms in total. The average molecular weight is 357 g/mol. The molecule has 0 spiro atoms. The number of hydrogen-bond donors (Lipinski definition) is 3. The highest BCUT2D eigenvalue weighted by atomic mass is 16.5. The maximum absolute atomic E-state index is 12.0. The molecule has 0 aromatic heterocycles. The number of aliphatic carboxylic acids is 1. The molecule has 2 aromatic carbocycles. The molecule has 3 N–H and O–H groups in total. The van der Waals surface area contributed by atoms with E-state index in [0.29, 0.717) is 5.56 Å². The van der Waals surface area contributed by atoms with Gasteiger partial charge in [-0.05, 0) is 11.1 Å². The third kappa shape index (κ3) is 5.71. The fourth-order valence-electron chi connectivity index (χ4n) is 2.20. The fraction of sp³-hybridized carbons (Fsp3) is 0.211. The highest BCUT2D eigenvalue weighted by Crippen LogP contribution is 2.13. The minimum absolute atomic E-state index is 0.00655. The van der Waals surface area contributed by atoms with Crippen LogP contribution in [0.2, 0.25) is 0 Å². The molecular formula is C19H19NO6. The second kappa shape index (κ2) is 9.33. The summed E-state index contributed by atoms with van der Waals surface area (Å²) in [5, 5.41) is 21.3. The van der Waals surface area contributed by atoms with Gasteiger partial charge in [0.1, 0.15) is 12.6 Å². The monoisotopic (exact) mass is 357 g/mol. The first kappa shape index (κ1) is 19.1. The molecule has 1 amide bonds. The average Bonchev–Trinajstić information content (AvgIpc) is 2.66. The molecule has 0 heterocycles. The second-order valence-corrected chi connectivity index (χ2v) is 5.56. The van der Waals surface area contributed by atoms with Gasteiger partial charge in [0.15, 0.2) is 6.10 Å². The molecule has 0 radical (unpaired) electrons. The lowest BCUT2D eigenvalue weighted by molar-refractivity contribution is -0.151. The smallest absolute Gasteiger partial charge is 0.326 e. The van der Waals surface area contributed by atoms with E-state index in [0.717, 1.165) is 5.56 Å². The summed E-state index contributed by atoms with van der Waals surface area (Å²) in [5.74, 6) is -3.06. The van der Waals surface area contributed by atoms with Crippen LogP contribution < -0.4 is 5.32 Å². The van der Waals surface area contributed by atoms with Gasteiger partial charge in [-0.3, -0.25) is 9.59 Å². The molecule has 2 atom stereocenters. The van der Waals surface area contributed by atoms with Crippen LogP contribution in [0.25, 0.3) is 0 Å². The van der Waals surface area contributed by atoms with Crippen molar-refractivity contribution in [2.24, 2.45) is 0 Å². The Balaban J connectivity index is 1.90. The highest BCUT2D eigenvalue weighted by molar-refractivity contribution is 5.89. The number of aliphatic hydroxyl groups excluding tert-OH is 1. The summed E-state index contributed by atoms with van der Waals surface area (Å²) in [6, 6.07) is 15.5. The summed E-state index contributed by atoms with van der Waals surface area (Å²) < 4.78 is 5.02. The lowest BCUT2D eigenvalue weighted by Crippen LogP contribution is -2.44. The number of esters is 1. The van der Waals surface area contributed by atoms with Crippen LogP contribution in [0.15, 0.2) is 60.7 Å². The Labute approximate surface area is 150 Å². The van der Waals surface area contributed by atoms with Gasteiger partial charge in [0.2, 0.25) is 0 Å². The summed E-state index contributed by atoms with van der Waals surface area (Å²) in [4.78, 5) is 35.2. The zero-order valence-corrected chi connectivity index (χ0v) is 13.9. The fourth-order valence-corrected chi connectivity index (χ4v) is 2.20. The van der Waals surface area contributed by atoms with Gasteiger partial charge in [0, 0.05) is 0 Å². The second-order valence-electron chi connectivity index (χ2n) is 5.56. The molecule has 26 heavy (non-hydrogen) atoms. The lowest BCUT2D eigenvalue weighted by atomic mass is 10.1. The maximum Gasteiger partial charge on any atom is 0.326 e. The van der Waals surface area contributed by atoms with Crippen molar-refractivity contribution >= 4 is 17.8 Å². The van der Waals surface area contributed by atoms with E-state index >= 15 is 0 Å². The quantitative estimate of drug-likeness (QED) is 0.616. The van der Waals surface area contributed by atoms with Gasteiger partial charge in [-0.1, -0.05) is 60.7 Å². The molecule has 136 valence electrons. The first-order chi connectivity index (χ1) is 12.5. The number of carboxylic acid groups (broad SMARTS) is 1. The number of ether oxygens (including phenoxy) is 1. The van der Waals surface area contributed by atoms with Crippen LogP contribution in [0.1, 0.15) is 23.7 Å². The van der Waals surface area contributed by atoms with Crippen LogP contribution in [0.5, 0.6) is 0 Å². The van der Waals surface area contributed by atoms with Crippen LogP contribution >= 0.6 is 0 Å². The zero-order chi connectivity index (χ0) is 18.9. The summed E-state index contributed by atoms with van der Waals surface area (Å²) in [6.07, 6.45) is -2.08. The van der Waals surface area contributed by atoms with Gasteiger partial charge in [0.25, 0.3) is 5.91 Å². The van der Waals surface area contributed by atoms with Crippen LogP contribution in [-0.2, 0) is 25.7 Å². The van der Waals surface area contributed by atoms with Crippen molar-refractivity contribution in [2.45, 2.75) is 25.2 Å². The molecular weight excluding hydrogens is 338 g/mol. The van der Waals surface area contributed by atoms with Crippen molar-refractivity contribution in [3.05, 3.63) is 71.8 Å². The number of benzene rings is 2. The van der Waals surface area contributed by atoms with E-state index < -0.39 is 36.4 Å². The van der Waals surface area contributed by atoms with E-state index in [4.69, 9.17) is 4.74 Å². The molecule has 0 aliphatic heterocycles. The molecule has 0 fully saturated rings. The predicted octanol–water partition coefficient (Wildman–Crippen LogP) is 1.42. The van der Waals surface area contributed by atoms with Crippen molar-refractivity contribution < 1.29 is 29.3 Å². The van der Waals surface area contributed by atoms with Crippen molar-refractivity contribution in [1.29, 1.82) is 0 Å². The van der Waals surface area contributed by atoms with E-state index in [1.54, 1.807) is 42.5 Å². The zero-order valence-electron chi connectivity index (χ0n) is 13.9. The summed E-state index contributed by atoms with van der Waals surface area (Å²) in [5.41, 5.74) is 1.08. The van der Waals surface area contributed by atoms with Crippen LogP contribution in [0, 0.1) is 0 Å². The van der Waals surface area contributed by atoms with Crippen LogP contribution in [-0.4, -0.2) is 34.1 Å². The summed E-state index contributed by atoms with van der Waals surface area (Å²) in [7, 11) is 0. The van der Waals surface area contributed by atoms with Gasteiger partial charge in [-0.15, -0.1) is 0 Å². The van der Waals surface area contributed by atoms with Crippen molar-refractivity contribution in [3.63, 3.8) is 0 Å². The molecule has 0 bridgehead atoms. The minimum Gasteiger partial charge on any atom is -0.480 e. The van der Waals surface area contributed by atoms with Crippen LogP contribution in [0.3, 0.4) is 0 Å². The number of carbonyl (C=O) groups excluding carboxylic acids is 2. The Morgan fingerprint density at radius 1 is 0.962 bits per heavy atom. The number of hydrogen-bond acceptors (Lipinski definition) is 5. The van der Waals surface area contributed by atoms with Crippen molar-refractivity contribution in [2.75, 3.05) is 0 Å². The topological polar surface area (TPSA) is 113 Å². The third-order valence-corrected chi connectivity index (χ3v) is 3.59. The van der Waals surface area contributed by atoms with Crippen LogP contribution in [0.4, 0.5) is 0 Å². The van der Waals surface area contributed by atoms with Gasteiger partial charge in [0.05, 0.1) is 6.42 Å². The largest absolute Gasteiger partial charge is 0.480 e. The number of carbonyl (C=O) groups is 3. The van der Waals surface area contributed by atoms with E-state index in [9.17, 15) is 24.6 Å². The molecule has 2 rings (SSSR count). The minimum atomic E-state index is -1.53. The molecule has 0 saturated carbocycles. The standard InChI is InChI=1S/C19H19NO6/c21-16(26-12-13-7-3-1-4-8-13)11-15(19(24)25)20-18(23)17(22)14-9-5-2-6-10-14/h1-10,15,17,22H,11-12H2,(H,20,23)(H,24,25)/t15-,17+/m1/s1. The normalized spacial score (nSPS) is 12.7. The predicted molar refractivity (Wildman–Crippen MR) is 91.8 cm³/mol. The molecule has 0 aliphatic rings. The van der Waals surface area contributed by atoms with E-state index in [1.165, 1.54) is 12.1 Å². The molecule has 0 aliphatic carbocycles. The number of carboxylic acids is 1. The molecule has 7 heteroatoms. The number of amides is 1. The summed E-state index contributed by atoms with van der Waals surface area (Å²) >= 11 is 0. The number of nitrogens with one attached hydrogen (secondary N) is 1. The Hall–Kier alpha value is -3.19. The molecule has 0 unspecified atom stereocenters. The van der Waals surface area contributed by atoms with E-state index in [2.05, 4.69) is 5.32 Å². The lowest BCUT2D eigenvalue weighted by Gasteiger charge is -2.17. The number of rotatable bonds is 8.